The first-order chi connectivity index (χ1) is 11.0. The van der Waals surface area contributed by atoms with Crippen LogP contribution in [0.3, 0.4) is 0 Å². The minimum absolute atomic E-state index is 0.230. The van der Waals surface area contributed by atoms with Gasteiger partial charge in [0.05, 0.1) is 16.8 Å². The Morgan fingerprint density at radius 1 is 1.39 bits per heavy atom. The number of nitrogens with two attached hydrogens (primary N) is 1. The average molecular weight is 378 g/mol. The third-order valence-electron chi connectivity index (χ3n) is 3.47. The Balaban J connectivity index is 1.84. The van der Waals surface area contributed by atoms with Gasteiger partial charge >= 0.3 is 0 Å². The van der Waals surface area contributed by atoms with Gasteiger partial charge in [0.2, 0.25) is 0 Å². The highest BCUT2D eigenvalue weighted by Crippen LogP contribution is 2.34. The summed E-state index contributed by atoms with van der Waals surface area (Å²) in [6, 6.07) is 0. The van der Waals surface area contributed by atoms with Crippen LogP contribution in [0.2, 0.25) is 0 Å². The molecule has 0 aliphatic carbocycles. The summed E-state index contributed by atoms with van der Waals surface area (Å²) in [6.45, 7) is 0. The number of aliphatic hydroxyl groups is 2. The summed E-state index contributed by atoms with van der Waals surface area (Å²) in [5.74, 6) is 0.563. The van der Waals surface area contributed by atoms with Gasteiger partial charge in [-0.15, -0.1) is 11.8 Å². The summed E-state index contributed by atoms with van der Waals surface area (Å²) in [6.07, 6.45) is -0.948. The number of nitrogens with zero attached hydrogens (tertiary/aromatic N) is 4. The smallest absolute Gasteiger partial charge is 0.167 e. The van der Waals surface area contributed by atoms with Crippen molar-refractivity contribution in [1.29, 1.82) is 0 Å². The van der Waals surface area contributed by atoms with Crippen LogP contribution in [-0.2, 0) is 4.74 Å². The molecular formula is C12H13Cl2N5O3S. The summed E-state index contributed by atoms with van der Waals surface area (Å²) in [5.41, 5.74) is 7.79. The van der Waals surface area contributed by atoms with Crippen molar-refractivity contribution in [2.24, 2.45) is 0 Å². The van der Waals surface area contributed by atoms with Gasteiger partial charge in [-0.2, -0.15) is 0 Å². The van der Waals surface area contributed by atoms with Gasteiger partial charge in [0.15, 0.2) is 17.7 Å². The lowest BCUT2D eigenvalue weighted by molar-refractivity contribution is -0.0288. The topological polar surface area (TPSA) is 119 Å². The fourth-order valence-electron chi connectivity index (χ4n) is 2.35. The van der Waals surface area contributed by atoms with Gasteiger partial charge in [-0.05, 0) is 0 Å². The Bertz CT molecular complexity index is 743. The molecule has 1 aliphatic rings. The summed E-state index contributed by atoms with van der Waals surface area (Å²) in [4.78, 5) is 12.1. The van der Waals surface area contributed by atoms with Crippen LogP contribution < -0.4 is 5.73 Å². The predicted octanol–water partition coefficient (Wildman–Crippen LogP) is 1.04. The number of thioether (sulfide) groups is 1. The van der Waals surface area contributed by atoms with Gasteiger partial charge < -0.3 is 20.7 Å². The Kier molecular flexibility index (Phi) is 4.95. The second kappa shape index (κ2) is 6.80. The minimum Gasteiger partial charge on any atom is -0.387 e. The molecule has 0 amide bonds. The van der Waals surface area contributed by atoms with Crippen LogP contribution in [0.15, 0.2) is 22.6 Å². The zero-order valence-electron chi connectivity index (χ0n) is 11.6. The van der Waals surface area contributed by atoms with Gasteiger partial charge in [0.1, 0.15) is 24.1 Å². The van der Waals surface area contributed by atoms with Gasteiger partial charge in [0.25, 0.3) is 0 Å². The molecule has 0 unspecified atom stereocenters. The number of fused-ring (bicyclic) bond motifs is 1. The lowest BCUT2D eigenvalue weighted by Crippen LogP contribution is -2.32. The van der Waals surface area contributed by atoms with Crippen molar-refractivity contribution in [3.8, 4) is 0 Å². The number of halogens is 2. The molecule has 4 N–H and O–H groups in total. The van der Waals surface area contributed by atoms with Gasteiger partial charge in [-0.1, -0.05) is 23.2 Å². The van der Waals surface area contributed by atoms with Crippen LogP contribution in [0, 0.1) is 0 Å². The molecule has 2 aromatic heterocycles. The van der Waals surface area contributed by atoms with E-state index in [2.05, 4.69) is 15.0 Å². The first-order valence-electron chi connectivity index (χ1n) is 6.56. The molecule has 1 fully saturated rings. The highest BCUT2D eigenvalue weighted by atomic mass is 35.5. The molecule has 0 bridgehead atoms. The van der Waals surface area contributed by atoms with Crippen LogP contribution in [0.1, 0.15) is 6.23 Å². The van der Waals surface area contributed by atoms with E-state index in [0.29, 0.717) is 21.3 Å². The van der Waals surface area contributed by atoms with E-state index in [4.69, 9.17) is 33.7 Å². The highest BCUT2D eigenvalue weighted by molar-refractivity contribution is 8.04. The lowest BCUT2D eigenvalue weighted by atomic mass is 10.1. The number of nitrogen functional groups attached to an aromatic ring is 1. The van der Waals surface area contributed by atoms with Crippen molar-refractivity contribution in [2.45, 2.75) is 24.5 Å². The van der Waals surface area contributed by atoms with Crippen LogP contribution in [-0.4, -0.2) is 53.8 Å². The molecule has 0 radical (unpaired) electrons. The van der Waals surface area contributed by atoms with Crippen molar-refractivity contribution >= 4 is 51.9 Å². The van der Waals surface area contributed by atoms with E-state index < -0.39 is 24.5 Å². The molecule has 0 aromatic carbocycles. The molecule has 11 heteroatoms. The quantitative estimate of drug-likeness (QED) is 0.722. The molecular weight excluding hydrogens is 365 g/mol. The van der Waals surface area contributed by atoms with E-state index in [0.717, 1.165) is 0 Å². The molecule has 4 atom stereocenters. The standard InChI is InChI=1S/C12H13Cl2N5O3S/c13-1-6(14)23-2-5-8(20)9(21)12(22-5)19-4-18-7-10(15)16-3-17-11(7)19/h1,3-5,8-9,12,20-21H,2H2,(H2,15,16,17)/b6-1+/t5-,8-,9-,12-/m1/s1. The minimum atomic E-state index is -1.15. The first-order valence-corrected chi connectivity index (χ1v) is 8.36. The second-order valence-corrected chi connectivity index (χ2v) is 6.76. The number of aromatic nitrogens is 4. The Morgan fingerprint density at radius 2 is 2.17 bits per heavy atom. The lowest BCUT2D eigenvalue weighted by Gasteiger charge is -2.16. The third kappa shape index (κ3) is 3.12. The van der Waals surface area contributed by atoms with Crippen LogP contribution in [0.5, 0.6) is 0 Å². The molecule has 8 nitrogen and oxygen atoms in total. The molecule has 1 saturated heterocycles. The molecule has 2 aromatic rings. The molecule has 1 aliphatic heterocycles. The predicted molar refractivity (Wildman–Crippen MR) is 87.9 cm³/mol. The summed E-state index contributed by atoms with van der Waals surface area (Å²) >= 11 is 12.5. The van der Waals surface area contributed by atoms with Crippen molar-refractivity contribution in [3.05, 3.63) is 22.6 Å². The zero-order valence-corrected chi connectivity index (χ0v) is 13.9. The largest absolute Gasteiger partial charge is 0.387 e. The summed E-state index contributed by atoms with van der Waals surface area (Å²) < 4.78 is 7.63. The van der Waals surface area contributed by atoms with E-state index in [1.165, 1.54) is 34.5 Å². The molecule has 23 heavy (non-hydrogen) atoms. The maximum Gasteiger partial charge on any atom is 0.167 e. The Hall–Kier alpha value is -1.10. The van der Waals surface area contributed by atoms with E-state index >= 15 is 0 Å². The summed E-state index contributed by atoms with van der Waals surface area (Å²) in [5, 5.41) is 20.4. The third-order valence-corrected chi connectivity index (χ3v) is 5.25. The van der Waals surface area contributed by atoms with Crippen molar-refractivity contribution in [3.63, 3.8) is 0 Å². The Labute approximate surface area is 145 Å². The molecule has 124 valence electrons. The van der Waals surface area contributed by atoms with Crippen molar-refractivity contribution in [2.75, 3.05) is 11.5 Å². The van der Waals surface area contributed by atoms with E-state index in [1.807, 2.05) is 0 Å². The number of hydrogen-bond donors (Lipinski definition) is 3. The molecule has 3 heterocycles. The van der Waals surface area contributed by atoms with Gasteiger partial charge in [-0.25, -0.2) is 15.0 Å². The molecule has 3 rings (SSSR count). The van der Waals surface area contributed by atoms with E-state index in [-0.39, 0.29) is 5.82 Å². The van der Waals surface area contributed by atoms with Crippen LogP contribution in [0.25, 0.3) is 11.2 Å². The maximum absolute atomic E-state index is 10.3. The number of anilines is 1. The van der Waals surface area contributed by atoms with Crippen molar-refractivity contribution < 1.29 is 14.9 Å². The fraction of sp³-hybridized carbons (Fsp3) is 0.417. The fourth-order valence-corrected chi connectivity index (χ4v) is 3.39. The van der Waals surface area contributed by atoms with E-state index in [9.17, 15) is 10.2 Å². The molecule has 0 spiro atoms. The Morgan fingerprint density at radius 3 is 2.91 bits per heavy atom. The monoisotopic (exact) mass is 377 g/mol. The van der Waals surface area contributed by atoms with Gasteiger partial charge in [-0.3, -0.25) is 4.57 Å². The number of hydrogen-bond acceptors (Lipinski definition) is 8. The number of ether oxygens (including phenoxy) is 1. The second-order valence-electron chi connectivity index (χ2n) is 4.85. The number of aliphatic hydroxyl groups excluding tert-OH is 2. The first kappa shape index (κ1) is 16.7. The molecule has 0 saturated carbocycles. The maximum atomic E-state index is 10.3. The number of rotatable bonds is 4. The summed E-state index contributed by atoms with van der Waals surface area (Å²) in [7, 11) is 0. The van der Waals surface area contributed by atoms with E-state index in [1.54, 1.807) is 0 Å². The van der Waals surface area contributed by atoms with Crippen LogP contribution >= 0.6 is 35.0 Å². The van der Waals surface area contributed by atoms with Gasteiger partial charge in [0, 0.05) is 11.3 Å². The SMILES string of the molecule is Nc1ncnc2c1ncn2[C@@H]1O[C@H](CS/C(Cl)=C/Cl)[C@@H](O)[C@H]1O. The highest BCUT2D eigenvalue weighted by Gasteiger charge is 2.44. The van der Waals surface area contributed by atoms with Crippen molar-refractivity contribution in [1.82, 2.24) is 19.5 Å². The average Bonchev–Trinajstić information content (AvgIpc) is 3.09. The van der Waals surface area contributed by atoms with Crippen LogP contribution in [0.4, 0.5) is 5.82 Å². The normalized spacial score (nSPS) is 28.6. The zero-order chi connectivity index (χ0) is 16.6. The number of imidazole rings is 1.